The Hall–Kier alpha value is -3.85. The summed E-state index contributed by atoms with van der Waals surface area (Å²) >= 11 is 0. The largest absolute Gasteiger partial charge is 0.355 e. The molecule has 1 aromatic carbocycles. The van der Waals surface area contributed by atoms with E-state index in [4.69, 9.17) is 4.98 Å². The van der Waals surface area contributed by atoms with Crippen LogP contribution in [0.1, 0.15) is 73.2 Å². The lowest BCUT2D eigenvalue weighted by Crippen LogP contribution is -1.93. The van der Waals surface area contributed by atoms with Crippen LogP contribution in [0.4, 0.5) is 0 Å². The summed E-state index contributed by atoms with van der Waals surface area (Å²) in [5, 5.41) is 0. The minimum absolute atomic E-state index is 0.995. The van der Waals surface area contributed by atoms with Crippen LogP contribution in [0.5, 0.6) is 0 Å². The molecule has 0 spiro atoms. The molecule has 3 heteroatoms. The van der Waals surface area contributed by atoms with Crippen LogP contribution in [-0.4, -0.2) is 15.0 Å². The van der Waals surface area contributed by atoms with Gasteiger partial charge in [-0.15, -0.1) is 0 Å². The van der Waals surface area contributed by atoms with Gasteiger partial charge in [0.15, 0.2) is 0 Å². The van der Waals surface area contributed by atoms with Gasteiger partial charge in [-0.2, -0.15) is 0 Å². The summed E-state index contributed by atoms with van der Waals surface area (Å²) < 4.78 is 0. The van der Waals surface area contributed by atoms with Gasteiger partial charge in [-0.05, 0) is 138 Å². The summed E-state index contributed by atoms with van der Waals surface area (Å²) in [6.45, 7) is 9.03. The van der Waals surface area contributed by atoms with Gasteiger partial charge in [-0.3, -0.25) is 0 Å². The molecular weight excluding hydrogens is 462 g/mol. The molecule has 0 amide bonds. The van der Waals surface area contributed by atoms with Crippen LogP contribution in [0.25, 0.3) is 55.5 Å². The standard InChI is InChI=1S/C35H35N3/c1-5-24-20(3)30-16-22-15-23(27-12-8-7-11-26(22)27)17-31-21(4)25(6-2)33(37-31)19-35-29-14-10-9-13-28(29)34(38-35)18-32(24)36-30/h7-8,11-12,15-19,36-37H,5-6,9-10,13-14H2,1-4H3. The van der Waals surface area contributed by atoms with Crippen molar-refractivity contribution in [2.45, 2.75) is 66.2 Å². The van der Waals surface area contributed by atoms with Gasteiger partial charge in [-0.1, -0.05) is 38.1 Å². The van der Waals surface area contributed by atoms with Gasteiger partial charge in [0.05, 0.1) is 11.4 Å². The number of H-pyrrole nitrogens is 2. The first kappa shape index (κ1) is 23.3. The van der Waals surface area contributed by atoms with E-state index in [1.54, 1.807) is 0 Å². The van der Waals surface area contributed by atoms with Crippen molar-refractivity contribution in [2.75, 3.05) is 0 Å². The molecule has 3 aliphatic rings. The van der Waals surface area contributed by atoms with Crippen molar-refractivity contribution in [1.82, 2.24) is 15.0 Å². The van der Waals surface area contributed by atoms with Crippen LogP contribution in [0.15, 0.2) is 54.6 Å². The number of fused-ring (bicyclic) bond motifs is 13. The fourth-order valence-corrected chi connectivity index (χ4v) is 6.91. The number of rotatable bonds is 2. The van der Waals surface area contributed by atoms with Crippen LogP contribution in [0, 0.1) is 13.8 Å². The Bertz CT molecular complexity index is 1680. The summed E-state index contributed by atoms with van der Waals surface area (Å²) in [5.74, 6) is 0. The van der Waals surface area contributed by atoms with Crippen LogP contribution in [0.3, 0.4) is 0 Å². The first-order valence-electron chi connectivity index (χ1n) is 14.2. The molecule has 2 N–H and O–H groups in total. The van der Waals surface area contributed by atoms with Gasteiger partial charge >= 0.3 is 0 Å². The third-order valence-corrected chi connectivity index (χ3v) is 8.96. The lowest BCUT2D eigenvalue weighted by atomic mass is 9.90. The first-order chi connectivity index (χ1) is 18.6. The van der Waals surface area contributed by atoms with Gasteiger partial charge < -0.3 is 9.97 Å². The molecule has 38 heavy (non-hydrogen) atoms. The van der Waals surface area contributed by atoms with Crippen molar-refractivity contribution in [3.63, 3.8) is 0 Å². The molecule has 190 valence electrons. The van der Waals surface area contributed by atoms with Crippen molar-refractivity contribution in [2.24, 2.45) is 0 Å². The molecule has 4 heterocycles. The monoisotopic (exact) mass is 497 g/mol. The molecule has 0 saturated carbocycles. The lowest BCUT2D eigenvalue weighted by molar-refractivity contribution is 0.756. The fourth-order valence-electron chi connectivity index (χ4n) is 6.91. The van der Waals surface area contributed by atoms with Crippen molar-refractivity contribution < 1.29 is 0 Å². The molecule has 0 fully saturated rings. The average molecular weight is 498 g/mol. The van der Waals surface area contributed by atoms with Crippen LogP contribution >= 0.6 is 0 Å². The molecule has 1 aliphatic heterocycles. The maximum Gasteiger partial charge on any atom is 0.0693 e. The number of aryl methyl sites for hydroxylation is 4. The number of hydrogen-bond acceptors (Lipinski definition) is 1. The van der Waals surface area contributed by atoms with Crippen molar-refractivity contribution in [3.8, 4) is 22.3 Å². The van der Waals surface area contributed by atoms with Crippen LogP contribution < -0.4 is 0 Å². The van der Waals surface area contributed by atoms with E-state index >= 15 is 0 Å². The maximum absolute atomic E-state index is 5.28. The number of nitrogens with zero attached hydrogens (tertiary/aromatic N) is 1. The SMILES string of the molecule is CCc1c(C)c2cc3cc(cc4[nH]c(cc5nc(cc1[nH]2)C1=C5CCCC1)c(CC)c4C)-c1ccccc1-3. The molecule has 0 atom stereocenters. The van der Waals surface area contributed by atoms with Crippen molar-refractivity contribution in [1.29, 1.82) is 0 Å². The normalized spacial score (nSPS) is 14.5. The number of hydrogen-bond donors (Lipinski definition) is 2. The Morgan fingerprint density at radius 1 is 0.632 bits per heavy atom. The van der Waals surface area contributed by atoms with Gasteiger partial charge in [0, 0.05) is 22.1 Å². The Morgan fingerprint density at radius 3 is 1.55 bits per heavy atom. The average Bonchev–Trinajstić information content (AvgIpc) is 3.63. The Kier molecular flexibility index (Phi) is 5.43. The number of benzene rings is 1. The van der Waals surface area contributed by atoms with E-state index in [1.165, 1.54) is 90.6 Å². The predicted molar refractivity (Wildman–Crippen MR) is 161 cm³/mol. The topological polar surface area (TPSA) is 44.5 Å². The van der Waals surface area contributed by atoms with Gasteiger partial charge in [0.2, 0.25) is 0 Å². The summed E-state index contributed by atoms with van der Waals surface area (Å²) in [6, 6.07) is 20.5. The van der Waals surface area contributed by atoms with E-state index < -0.39 is 0 Å². The fraction of sp³-hybridized carbons (Fsp3) is 0.286. The molecule has 3 nitrogen and oxygen atoms in total. The van der Waals surface area contributed by atoms with E-state index in [1.807, 2.05) is 0 Å². The second-order valence-corrected chi connectivity index (χ2v) is 11.0. The second kappa shape index (κ2) is 8.87. The lowest BCUT2D eigenvalue weighted by Gasteiger charge is -2.13. The number of aromatic amines is 2. The molecule has 2 aliphatic carbocycles. The minimum Gasteiger partial charge on any atom is -0.355 e. The molecular formula is C35H35N3. The predicted octanol–water partition coefficient (Wildman–Crippen LogP) is 9.48. The summed E-state index contributed by atoms with van der Waals surface area (Å²) in [7, 11) is 0. The van der Waals surface area contributed by atoms with Crippen molar-refractivity contribution in [3.05, 3.63) is 88.2 Å². The third kappa shape index (κ3) is 3.52. The first-order valence-corrected chi connectivity index (χ1v) is 14.2. The highest BCUT2D eigenvalue weighted by Crippen LogP contribution is 2.42. The van der Waals surface area contributed by atoms with Gasteiger partial charge in [-0.25, -0.2) is 4.98 Å². The van der Waals surface area contributed by atoms with E-state index in [0.29, 0.717) is 0 Å². The molecule has 0 unspecified atom stereocenters. The maximum atomic E-state index is 5.28. The zero-order valence-electron chi connectivity index (χ0n) is 22.9. The summed E-state index contributed by atoms with van der Waals surface area (Å²) in [4.78, 5) is 12.9. The smallest absolute Gasteiger partial charge is 0.0693 e. The Balaban J connectivity index is 1.66. The quantitative estimate of drug-likeness (QED) is 0.251. The zero-order valence-corrected chi connectivity index (χ0v) is 22.9. The van der Waals surface area contributed by atoms with Crippen LogP contribution in [-0.2, 0) is 12.8 Å². The van der Waals surface area contributed by atoms with Crippen LogP contribution in [0.2, 0.25) is 0 Å². The van der Waals surface area contributed by atoms with Gasteiger partial charge in [0.1, 0.15) is 0 Å². The number of allylic oxidation sites excluding steroid dienone is 2. The van der Waals surface area contributed by atoms with E-state index in [-0.39, 0.29) is 0 Å². The highest BCUT2D eigenvalue weighted by atomic mass is 14.8. The Labute approximate surface area is 224 Å². The number of aromatic nitrogens is 3. The second-order valence-electron chi connectivity index (χ2n) is 11.0. The molecule has 7 rings (SSSR count). The van der Waals surface area contributed by atoms with Crippen molar-refractivity contribution >= 4 is 33.2 Å². The molecule has 4 aromatic rings. The highest BCUT2D eigenvalue weighted by Gasteiger charge is 2.23. The zero-order chi connectivity index (χ0) is 26.0. The number of nitrogens with one attached hydrogen (secondary N) is 2. The Morgan fingerprint density at radius 2 is 1.11 bits per heavy atom. The molecule has 8 bridgehead atoms. The highest BCUT2D eigenvalue weighted by molar-refractivity contribution is 5.96. The molecule has 0 radical (unpaired) electrons. The third-order valence-electron chi connectivity index (χ3n) is 8.96. The summed E-state index contributed by atoms with van der Waals surface area (Å²) in [5.41, 5.74) is 20.6. The van der Waals surface area contributed by atoms with E-state index in [9.17, 15) is 0 Å². The van der Waals surface area contributed by atoms with E-state index in [0.717, 1.165) is 37.1 Å². The van der Waals surface area contributed by atoms with E-state index in [2.05, 4.69) is 92.3 Å². The molecule has 0 saturated heterocycles. The molecule has 3 aromatic heterocycles. The summed E-state index contributed by atoms with van der Waals surface area (Å²) in [6.07, 6.45) is 6.72. The van der Waals surface area contributed by atoms with Gasteiger partial charge in [0.25, 0.3) is 0 Å². The minimum atomic E-state index is 0.995.